The average Bonchev–Trinajstić information content (AvgIpc) is 2.26. The molecule has 3 nitrogen and oxygen atoms in total. The van der Waals surface area contributed by atoms with Crippen LogP contribution in [0.2, 0.25) is 5.02 Å². The Hall–Kier alpha value is -0.580. The maximum atomic E-state index is 11.7. The predicted octanol–water partition coefficient (Wildman–Crippen LogP) is 2.70. The zero-order chi connectivity index (χ0) is 13.0. The van der Waals surface area contributed by atoms with E-state index in [4.69, 9.17) is 17.3 Å². The van der Waals surface area contributed by atoms with Crippen molar-refractivity contribution in [2.75, 3.05) is 0 Å². The average molecular weight is 320 g/mol. The number of amides is 1. The van der Waals surface area contributed by atoms with Crippen molar-refractivity contribution >= 4 is 33.4 Å². The molecule has 0 aliphatic rings. The molecule has 1 rings (SSSR count). The van der Waals surface area contributed by atoms with E-state index in [1.54, 1.807) is 6.07 Å². The summed E-state index contributed by atoms with van der Waals surface area (Å²) < 4.78 is 0.918. The number of halogens is 2. The van der Waals surface area contributed by atoms with E-state index in [2.05, 4.69) is 21.2 Å². The van der Waals surface area contributed by atoms with Crippen molar-refractivity contribution in [1.29, 1.82) is 0 Å². The van der Waals surface area contributed by atoms with Crippen molar-refractivity contribution in [1.82, 2.24) is 5.32 Å². The van der Waals surface area contributed by atoms with Gasteiger partial charge in [-0.05, 0) is 24.6 Å². The van der Waals surface area contributed by atoms with E-state index in [0.717, 1.165) is 10.0 Å². The van der Waals surface area contributed by atoms with E-state index >= 15 is 0 Å². The van der Waals surface area contributed by atoms with Crippen molar-refractivity contribution in [2.45, 2.75) is 26.4 Å². The molecule has 2 unspecified atom stereocenters. The first-order valence-corrected chi connectivity index (χ1v) is 6.56. The number of carbonyl (C=O) groups excluding carboxylic acids is 1. The summed E-state index contributed by atoms with van der Waals surface area (Å²) in [5.74, 6) is -0.261. The molecule has 94 valence electrons. The number of carbonyl (C=O) groups is 1. The number of hydrogen-bond acceptors (Lipinski definition) is 2. The van der Waals surface area contributed by atoms with Crippen LogP contribution in [-0.4, -0.2) is 11.9 Å². The Balaban J connectivity index is 2.59. The van der Waals surface area contributed by atoms with Crippen molar-refractivity contribution < 1.29 is 4.79 Å². The maximum absolute atomic E-state index is 11.7. The van der Waals surface area contributed by atoms with Crippen LogP contribution in [0.1, 0.15) is 19.4 Å². The number of nitrogens with two attached hydrogens (primary N) is 1. The highest BCUT2D eigenvalue weighted by Crippen LogP contribution is 2.21. The van der Waals surface area contributed by atoms with Crippen molar-refractivity contribution in [3.05, 3.63) is 33.3 Å². The van der Waals surface area contributed by atoms with E-state index in [-0.39, 0.29) is 17.9 Å². The Kier molecular flexibility index (Phi) is 5.43. The first-order valence-electron chi connectivity index (χ1n) is 5.39. The summed E-state index contributed by atoms with van der Waals surface area (Å²) in [6.45, 7) is 4.04. The fraction of sp³-hybridized carbons (Fsp3) is 0.417. The molecule has 1 amide bonds. The molecule has 5 heteroatoms. The van der Waals surface area contributed by atoms with E-state index in [1.165, 1.54) is 0 Å². The molecule has 0 fully saturated rings. The van der Waals surface area contributed by atoms with Crippen LogP contribution in [0.3, 0.4) is 0 Å². The highest BCUT2D eigenvalue weighted by molar-refractivity contribution is 9.10. The molecule has 0 bridgehead atoms. The number of hydrogen-bond donors (Lipinski definition) is 2. The van der Waals surface area contributed by atoms with Gasteiger partial charge in [-0.15, -0.1) is 0 Å². The Morgan fingerprint density at radius 2 is 2.18 bits per heavy atom. The first kappa shape index (κ1) is 14.5. The topological polar surface area (TPSA) is 55.1 Å². The Morgan fingerprint density at radius 1 is 1.53 bits per heavy atom. The summed E-state index contributed by atoms with van der Waals surface area (Å²) in [6, 6.07) is 5.42. The molecule has 0 aliphatic carbocycles. The van der Waals surface area contributed by atoms with Gasteiger partial charge in [0.15, 0.2) is 0 Å². The lowest BCUT2D eigenvalue weighted by Gasteiger charge is -2.15. The first-order chi connectivity index (χ1) is 7.91. The third-order valence-electron chi connectivity index (χ3n) is 2.67. The molecule has 1 aromatic rings. The minimum absolute atomic E-state index is 0.0565. The second-order valence-corrected chi connectivity index (χ2v) is 5.42. The SMILES string of the molecule is CC(N)C(C)C(=O)NCc1ccc(Br)cc1Cl. The molecule has 0 heterocycles. The molecule has 17 heavy (non-hydrogen) atoms. The summed E-state index contributed by atoms with van der Waals surface area (Å²) in [5, 5.41) is 3.45. The largest absolute Gasteiger partial charge is 0.352 e. The molecule has 0 spiro atoms. The molecule has 3 N–H and O–H groups in total. The van der Waals surface area contributed by atoms with Crippen LogP contribution in [0.5, 0.6) is 0 Å². The monoisotopic (exact) mass is 318 g/mol. The lowest BCUT2D eigenvalue weighted by Crippen LogP contribution is -2.38. The predicted molar refractivity (Wildman–Crippen MR) is 73.8 cm³/mol. The fourth-order valence-corrected chi connectivity index (χ4v) is 1.99. The maximum Gasteiger partial charge on any atom is 0.224 e. The minimum Gasteiger partial charge on any atom is -0.352 e. The minimum atomic E-state index is -0.204. The van der Waals surface area contributed by atoms with Gasteiger partial charge in [0.1, 0.15) is 0 Å². The third kappa shape index (κ3) is 4.30. The highest BCUT2D eigenvalue weighted by Gasteiger charge is 2.16. The normalized spacial score (nSPS) is 14.2. The summed E-state index contributed by atoms with van der Waals surface area (Å²) in [5.41, 5.74) is 6.55. The molecule has 1 aromatic carbocycles. The van der Waals surface area contributed by atoms with Gasteiger partial charge in [-0.25, -0.2) is 0 Å². The molecule has 0 aromatic heterocycles. The second-order valence-electron chi connectivity index (χ2n) is 4.10. The third-order valence-corrected chi connectivity index (χ3v) is 3.52. The number of benzene rings is 1. The lowest BCUT2D eigenvalue weighted by atomic mass is 10.0. The molecule has 0 aliphatic heterocycles. The van der Waals surface area contributed by atoms with Gasteiger partial charge < -0.3 is 11.1 Å². The van der Waals surface area contributed by atoms with Gasteiger partial charge in [0, 0.05) is 28.0 Å². The Labute approximate surface area is 115 Å². The fourth-order valence-electron chi connectivity index (χ4n) is 1.25. The number of rotatable bonds is 4. The van der Waals surface area contributed by atoms with Crippen LogP contribution in [0.25, 0.3) is 0 Å². The van der Waals surface area contributed by atoms with E-state index in [9.17, 15) is 4.79 Å². The molecule has 2 atom stereocenters. The quantitative estimate of drug-likeness (QED) is 0.896. The standard InChI is InChI=1S/C12H16BrClN2O/c1-7(8(2)15)12(17)16-6-9-3-4-10(13)5-11(9)14/h3-5,7-8H,6,15H2,1-2H3,(H,16,17). The molecular weight excluding hydrogens is 304 g/mol. The van der Waals surface area contributed by atoms with Crippen LogP contribution < -0.4 is 11.1 Å². The number of nitrogens with one attached hydrogen (secondary N) is 1. The van der Waals surface area contributed by atoms with E-state index in [0.29, 0.717) is 11.6 Å². The van der Waals surface area contributed by atoms with Gasteiger partial charge >= 0.3 is 0 Å². The van der Waals surface area contributed by atoms with E-state index in [1.807, 2.05) is 26.0 Å². The van der Waals surface area contributed by atoms with Crippen LogP contribution in [0, 0.1) is 5.92 Å². The molecule has 0 radical (unpaired) electrons. The smallest absolute Gasteiger partial charge is 0.224 e. The Morgan fingerprint density at radius 3 is 2.71 bits per heavy atom. The summed E-state index contributed by atoms with van der Waals surface area (Å²) in [4.78, 5) is 11.7. The lowest BCUT2D eigenvalue weighted by molar-refractivity contribution is -0.125. The zero-order valence-corrected chi connectivity index (χ0v) is 12.2. The van der Waals surface area contributed by atoms with Gasteiger partial charge in [-0.3, -0.25) is 4.79 Å². The van der Waals surface area contributed by atoms with Crippen LogP contribution >= 0.6 is 27.5 Å². The van der Waals surface area contributed by atoms with Crippen molar-refractivity contribution in [3.8, 4) is 0 Å². The van der Waals surface area contributed by atoms with Gasteiger partial charge in [0.05, 0.1) is 0 Å². The Bertz CT molecular complexity index is 409. The molecule has 0 saturated heterocycles. The van der Waals surface area contributed by atoms with Gasteiger partial charge in [-0.2, -0.15) is 0 Å². The van der Waals surface area contributed by atoms with Crippen molar-refractivity contribution in [2.24, 2.45) is 11.7 Å². The van der Waals surface area contributed by atoms with Crippen LogP contribution in [0.4, 0.5) is 0 Å². The summed E-state index contributed by atoms with van der Waals surface area (Å²) in [6.07, 6.45) is 0. The highest BCUT2D eigenvalue weighted by atomic mass is 79.9. The van der Waals surface area contributed by atoms with Gasteiger partial charge in [0.25, 0.3) is 0 Å². The van der Waals surface area contributed by atoms with E-state index < -0.39 is 0 Å². The summed E-state index contributed by atoms with van der Waals surface area (Å²) in [7, 11) is 0. The second kappa shape index (κ2) is 6.38. The van der Waals surface area contributed by atoms with Crippen molar-refractivity contribution in [3.63, 3.8) is 0 Å². The zero-order valence-electron chi connectivity index (χ0n) is 9.84. The van der Waals surface area contributed by atoms with Gasteiger partial charge in [0.2, 0.25) is 5.91 Å². The molecule has 0 saturated carbocycles. The summed E-state index contributed by atoms with van der Waals surface area (Å²) >= 11 is 9.38. The van der Waals surface area contributed by atoms with Crippen LogP contribution in [-0.2, 0) is 11.3 Å². The van der Waals surface area contributed by atoms with Crippen LogP contribution in [0.15, 0.2) is 22.7 Å². The van der Waals surface area contributed by atoms with Gasteiger partial charge in [-0.1, -0.05) is 40.5 Å². The molecular formula is C12H16BrClN2O.